The molecule has 0 atom stereocenters. The van der Waals surface area contributed by atoms with Gasteiger partial charge < -0.3 is 15.5 Å². The molecule has 1 aliphatic rings. The van der Waals surface area contributed by atoms with Crippen LogP contribution in [0.4, 0.5) is 5.82 Å². The molecule has 0 saturated carbocycles. The zero-order chi connectivity index (χ0) is 18.2. The van der Waals surface area contributed by atoms with E-state index in [0.717, 1.165) is 48.4 Å². The molecule has 7 heteroatoms. The van der Waals surface area contributed by atoms with E-state index in [1.54, 1.807) is 7.05 Å². The molecule has 27 heavy (non-hydrogen) atoms. The second-order valence-corrected chi connectivity index (χ2v) is 6.88. The molecule has 3 rings (SSSR count). The smallest absolute Gasteiger partial charge is 0.191 e. The molecule has 1 aliphatic heterocycles. The minimum absolute atomic E-state index is 0. The first-order valence-corrected chi connectivity index (χ1v) is 9.51. The number of anilines is 1. The van der Waals surface area contributed by atoms with E-state index >= 15 is 0 Å². The quantitative estimate of drug-likeness (QED) is 0.360. The normalized spacial score (nSPS) is 14.0. The Morgan fingerprint density at radius 3 is 2.41 bits per heavy atom. The number of guanidine groups is 1. The van der Waals surface area contributed by atoms with Gasteiger partial charge in [-0.1, -0.05) is 29.8 Å². The maximum atomic E-state index is 5.91. The Kier molecular flexibility index (Phi) is 9.14. The van der Waals surface area contributed by atoms with Crippen molar-refractivity contribution in [3.05, 3.63) is 58.7 Å². The highest BCUT2D eigenvalue weighted by molar-refractivity contribution is 14.0. The summed E-state index contributed by atoms with van der Waals surface area (Å²) in [6, 6.07) is 12.2. The maximum absolute atomic E-state index is 5.91. The van der Waals surface area contributed by atoms with E-state index in [1.807, 2.05) is 30.5 Å². The highest BCUT2D eigenvalue weighted by atomic mass is 127. The van der Waals surface area contributed by atoms with Crippen LogP contribution < -0.4 is 15.5 Å². The van der Waals surface area contributed by atoms with Gasteiger partial charge in [-0.25, -0.2) is 4.98 Å². The molecule has 1 fully saturated rings. The summed E-state index contributed by atoms with van der Waals surface area (Å²) in [6.07, 6.45) is 5.40. The Balaban J connectivity index is 0.00000261. The van der Waals surface area contributed by atoms with Crippen molar-refractivity contribution < 1.29 is 0 Å². The van der Waals surface area contributed by atoms with Crippen LogP contribution in [0.2, 0.25) is 5.02 Å². The van der Waals surface area contributed by atoms with Crippen molar-refractivity contribution in [1.82, 2.24) is 15.6 Å². The van der Waals surface area contributed by atoms with E-state index in [4.69, 9.17) is 11.6 Å². The lowest BCUT2D eigenvalue weighted by atomic mass is 10.1. The lowest BCUT2D eigenvalue weighted by Gasteiger charge is -2.16. The van der Waals surface area contributed by atoms with Gasteiger partial charge in [0.15, 0.2) is 5.96 Å². The number of pyridine rings is 1. The molecular weight excluding hydrogens is 473 g/mol. The van der Waals surface area contributed by atoms with Crippen molar-refractivity contribution in [3.8, 4) is 0 Å². The average molecular weight is 500 g/mol. The van der Waals surface area contributed by atoms with Crippen LogP contribution in [0.15, 0.2) is 47.6 Å². The summed E-state index contributed by atoms with van der Waals surface area (Å²) in [5, 5.41) is 7.44. The van der Waals surface area contributed by atoms with Gasteiger partial charge in [-0.3, -0.25) is 4.99 Å². The van der Waals surface area contributed by atoms with E-state index in [0.29, 0.717) is 6.54 Å². The first kappa shape index (κ1) is 21.8. The van der Waals surface area contributed by atoms with E-state index in [-0.39, 0.29) is 24.0 Å². The number of aromatic nitrogens is 1. The van der Waals surface area contributed by atoms with Crippen LogP contribution >= 0.6 is 35.6 Å². The molecule has 5 nitrogen and oxygen atoms in total. The van der Waals surface area contributed by atoms with Gasteiger partial charge in [0, 0.05) is 44.4 Å². The second-order valence-electron chi connectivity index (χ2n) is 6.45. The minimum Gasteiger partial charge on any atom is -0.357 e. The van der Waals surface area contributed by atoms with Crippen LogP contribution in [0.3, 0.4) is 0 Å². The summed E-state index contributed by atoms with van der Waals surface area (Å²) in [4.78, 5) is 11.2. The molecule has 2 heterocycles. The van der Waals surface area contributed by atoms with Crippen molar-refractivity contribution in [3.63, 3.8) is 0 Å². The van der Waals surface area contributed by atoms with E-state index in [1.165, 1.54) is 18.4 Å². The molecule has 1 aromatic carbocycles. The Morgan fingerprint density at radius 2 is 1.78 bits per heavy atom. The molecule has 0 radical (unpaired) electrons. The second kappa shape index (κ2) is 11.3. The molecule has 146 valence electrons. The van der Waals surface area contributed by atoms with E-state index < -0.39 is 0 Å². The predicted octanol–water partition coefficient (Wildman–Crippen LogP) is 3.86. The van der Waals surface area contributed by atoms with Crippen LogP contribution in [-0.2, 0) is 13.0 Å². The Morgan fingerprint density at radius 1 is 1.07 bits per heavy atom. The third-order valence-electron chi connectivity index (χ3n) is 4.54. The lowest BCUT2D eigenvalue weighted by molar-refractivity contribution is 0.792. The zero-order valence-corrected chi connectivity index (χ0v) is 18.7. The van der Waals surface area contributed by atoms with Gasteiger partial charge >= 0.3 is 0 Å². The Bertz CT molecular complexity index is 712. The number of aliphatic imine (C=N–C) groups is 1. The van der Waals surface area contributed by atoms with Gasteiger partial charge in [0.2, 0.25) is 0 Å². The van der Waals surface area contributed by atoms with Gasteiger partial charge in [-0.05, 0) is 48.6 Å². The van der Waals surface area contributed by atoms with Gasteiger partial charge in [0.25, 0.3) is 0 Å². The third kappa shape index (κ3) is 6.84. The van der Waals surface area contributed by atoms with Crippen LogP contribution in [0.1, 0.15) is 24.0 Å². The standard InChI is InChI=1S/C20H26ClN5.HI/c1-22-20(23-11-10-16-4-7-18(21)8-5-16)25-15-17-6-9-19(24-14-17)26-12-2-3-13-26;/h4-9,14H,2-3,10-13,15H2,1H3,(H2,22,23,25);1H. The van der Waals surface area contributed by atoms with Crippen molar-refractivity contribution in [2.75, 3.05) is 31.6 Å². The summed E-state index contributed by atoms with van der Waals surface area (Å²) >= 11 is 5.91. The summed E-state index contributed by atoms with van der Waals surface area (Å²) in [6.45, 7) is 3.75. The van der Waals surface area contributed by atoms with Crippen molar-refractivity contribution in [2.45, 2.75) is 25.8 Å². The number of halogens is 2. The summed E-state index contributed by atoms with van der Waals surface area (Å²) < 4.78 is 0. The fraction of sp³-hybridized carbons (Fsp3) is 0.400. The highest BCUT2D eigenvalue weighted by Gasteiger charge is 2.12. The van der Waals surface area contributed by atoms with Crippen molar-refractivity contribution in [1.29, 1.82) is 0 Å². The Hall–Kier alpha value is -1.54. The molecule has 0 unspecified atom stereocenters. The van der Waals surface area contributed by atoms with Gasteiger partial charge in [-0.2, -0.15) is 0 Å². The maximum Gasteiger partial charge on any atom is 0.191 e. The highest BCUT2D eigenvalue weighted by Crippen LogP contribution is 2.17. The fourth-order valence-corrected chi connectivity index (χ4v) is 3.16. The summed E-state index contributed by atoms with van der Waals surface area (Å²) in [7, 11) is 1.78. The monoisotopic (exact) mass is 499 g/mol. The topological polar surface area (TPSA) is 52.6 Å². The Labute approximate surface area is 183 Å². The van der Waals surface area contributed by atoms with E-state index in [2.05, 4.69) is 37.6 Å². The van der Waals surface area contributed by atoms with Gasteiger partial charge in [-0.15, -0.1) is 24.0 Å². The third-order valence-corrected chi connectivity index (χ3v) is 4.79. The van der Waals surface area contributed by atoms with Crippen LogP contribution in [0, 0.1) is 0 Å². The SMILES string of the molecule is CN=C(NCCc1ccc(Cl)cc1)NCc1ccc(N2CCCC2)nc1.I. The van der Waals surface area contributed by atoms with Crippen molar-refractivity contribution in [2.24, 2.45) is 4.99 Å². The molecule has 2 aromatic rings. The van der Waals surface area contributed by atoms with Gasteiger partial charge in [0.1, 0.15) is 5.82 Å². The number of benzene rings is 1. The molecular formula is C20H27ClIN5. The number of hydrogen-bond acceptors (Lipinski definition) is 3. The summed E-state index contributed by atoms with van der Waals surface area (Å²) in [5.41, 5.74) is 2.40. The molecule has 1 aromatic heterocycles. The van der Waals surface area contributed by atoms with Crippen LogP contribution in [0.5, 0.6) is 0 Å². The number of rotatable bonds is 6. The largest absolute Gasteiger partial charge is 0.357 e. The molecule has 2 N–H and O–H groups in total. The minimum atomic E-state index is 0. The molecule has 1 saturated heterocycles. The first-order valence-electron chi connectivity index (χ1n) is 9.13. The number of nitrogens with zero attached hydrogens (tertiary/aromatic N) is 3. The molecule has 0 amide bonds. The number of hydrogen-bond donors (Lipinski definition) is 2. The summed E-state index contributed by atoms with van der Waals surface area (Å²) in [5.74, 6) is 1.87. The predicted molar refractivity (Wildman–Crippen MR) is 124 cm³/mol. The fourth-order valence-electron chi connectivity index (χ4n) is 3.04. The molecule has 0 bridgehead atoms. The van der Waals surface area contributed by atoms with Gasteiger partial charge in [0.05, 0.1) is 0 Å². The average Bonchev–Trinajstić information content (AvgIpc) is 3.21. The number of nitrogens with one attached hydrogen (secondary N) is 2. The first-order chi connectivity index (χ1) is 12.7. The lowest BCUT2D eigenvalue weighted by Crippen LogP contribution is -2.37. The molecule has 0 aliphatic carbocycles. The van der Waals surface area contributed by atoms with E-state index in [9.17, 15) is 0 Å². The van der Waals surface area contributed by atoms with Crippen LogP contribution in [0.25, 0.3) is 0 Å². The molecule has 0 spiro atoms. The zero-order valence-electron chi connectivity index (χ0n) is 15.6. The van der Waals surface area contributed by atoms with Crippen LogP contribution in [-0.4, -0.2) is 37.6 Å². The van der Waals surface area contributed by atoms with Crippen molar-refractivity contribution >= 4 is 47.4 Å².